The number of aliphatic carboxylic acids is 2. The molecule has 0 aromatic rings. The van der Waals surface area contributed by atoms with Crippen LogP contribution in [0.15, 0.2) is 12.2 Å². The Bertz CT molecular complexity index is 472. The summed E-state index contributed by atoms with van der Waals surface area (Å²) >= 11 is 0. The number of carbonyl (C=O) groups is 3. The van der Waals surface area contributed by atoms with Crippen molar-refractivity contribution < 1.29 is 29.3 Å². The first-order chi connectivity index (χ1) is 14.5. The van der Waals surface area contributed by atoms with Crippen LogP contribution in [0, 0.1) is 5.92 Å². The van der Waals surface area contributed by atoms with Crippen molar-refractivity contribution in [3.8, 4) is 0 Å². The van der Waals surface area contributed by atoms with Gasteiger partial charge in [-0.05, 0) is 44.9 Å². The van der Waals surface area contributed by atoms with E-state index in [9.17, 15) is 14.4 Å². The zero-order valence-electron chi connectivity index (χ0n) is 18.8. The van der Waals surface area contributed by atoms with Crippen LogP contribution in [0.4, 0.5) is 0 Å². The van der Waals surface area contributed by atoms with Crippen molar-refractivity contribution in [3.05, 3.63) is 12.2 Å². The second-order valence-corrected chi connectivity index (χ2v) is 7.93. The molecular weight excluding hydrogens is 384 g/mol. The van der Waals surface area contributed by atoms with Crippen molar-refractivity contribution >= 4 is 17.9 Å². The zero-order valence-corrected chi connectivity index (χ0v) is 18.8. The van der Waals surface area contributed by atoms with Gasteiger partial charge in [0, 0.05) is 6.42 Å². The van der Waals surface area contributed by atoms with Crippen LogP contribution in [-0.4, -0.2) is 34.7 Å². The second kappa shape index (κ2) is 20.4. The van der Waals surface area contributed by atoms with E-state index in [4.69, 9.17) is 14.9 Å². The average molecular weight is 427 g/mol. The molecule has 0 aliphatic rings. The van der Waals surface area contributed by atoms with Gasteiger partial charge in [0.15, 0.2) is 5.92 Å². The van der Waals surface area contributed by atoms with E-state index >= 15 is 0 Å². The minimum Gasteiger partial charge on any atom is -0.481 e. The summed E-state index contributed by atoms with van der Waals surface area (Å²) in [4.78, 5) is 33.1. The molecule has 30 heavy (non-hydrogen) atoms. The molecule has 0 saturated heterocycles. The lowest BCUT2D eigenvalue weighted by Gasteiger charge is -2.08. The number of carbonyl (C=O) groups excluding carboxylic acids is 1. The van der Waals surface area contributed by atoms with E-state index in [0.717, 1.165) is 25.7 Å². The summed E-state index contributed by atoms with van der Waals surface area (Å²) in [6, 6.07) is 0. The lowest BCUT2D eigenvalue weighted by atomic mass is 10.0. The third-order valence-corrected chi connectivity index (χ3v) is 5.14. The van der Waals surface area contributed by atoms with E-state index in [1.54, 1.807) is 0 Å². The number of rotatable bonds is 21. The molecule has 6 nitrogen and oxygen atoms in total. The molecule has 0 aliphatic carbocycles. The maximum Gasteiger partial charge on any atom is 0.317 e. The summed E-state index contributed by atoms with van der Waals surface area (Å²) in [6.07, 6.45) is 20.8. The van der Waals surface area contributed by atoms with E-state index in [1.165, 1.54) is 57.8 Å². The standard InChI is InChI=1S/C24H42O6/c1-2-3-4-5-6-7-8-9-10-11-12-13-14-15-16-19-22(25)30-20-17-18-21(23(26)27)24(28)29/h9-10,21H,2-8,11-20H2,1H3,(H,26,27)(H,28,29)/b10-9-. The number of hydrogen-bond donors (Lipinski definition) is 2. The first kappa shape index (κ1) is 28.1. The molecule has 0 spiro atoms. The van der Waals surface area contributed by atoms with Gasteiger partial charge in [-0.1, -0.05) is 70.4 Å². The Kier molecular flexibility index (Phi) is 19.2. The number of esters is 1. The molecule has 0 aromatic heterocycles. The van der Waals surface area contributed by atoms with Crippen molar-refractivity contribution in [2.24, 2.45) is 5.92 Å². The molecule has 0 bridgehead atoms. The van der Waals surface area contributed by atoms with Gasteiger partial charge in [-0.3, -0.25) is 14.4 Å². The molecule has 0 amide bonds. The van der Waals surface area contributed by atoms with Gasteiger partial charge in [0.05, 0.1) is 6.61 Å². The van der Waals surface area contributed by atoms with Crippen LogP contribution in [0.1, 0.15) is 110 Å². The number of hydrogen-bond acceptors (Lipinski definition) is 4. The first-order valence-corrected chi connectivity index (χ1v) is 11.7. The van der Waals surface area contributed by atoms with Gasteiger partial charge in [0.2, 0.25) is 0 Å². The van der Waals surface area contributed by atoms with Gasteiger partial charge in [-0.25, -0.2) is 0 Å². The lowest BCUT2D eigenvalue weighted by Crippen LogP contribution is -2.23. The smallest absolute Gasteiger partial charge is 0.317 e. The molecule has 174 valence electrons. The Morgan fingerprint density at radius 2 is 1.23 bits per heavy atom. The van der Waals surface area contributed by atoms with E-state index in [1.807, 2.05) is 0 Å². The summed E-state index contributed by atoms with van der Waals surface area (Å²) in [5.74, 6) is -4.45. The third-order valence-electron chi connectivity index (χ3n) is 5.14. The molecule has 0 saturated carbocycles. The maximum absolute atomic E-state index is 11.6. The average Bonchev–Trinajstić information content (AvgIpc) is 2.70. The molecule has 0 aromatic carbocycles. The van der Waals surface area contributed by atoms with Crippen molar-refractivity contribution in [1.29, 1.82) is 0 Å². The molecule has 0 heterocycles. The normalized spacial score (nSPS) is 11.3. The fraction of sp³-hybridized carbons (Fsp3) is 0.792. The number of carboxylic acids is 2. The van der Waals surface area contributed by atoms with Gasteiger partial charge in [0.1, 0.15) is 0 Å². The van der Waals surface area contributed by atoms with Crippen LogP contribution in [0.2, 0.25) is 0 Å². The summed E-state index contributed by atoms with van der Waals surface area (Å²) in [7, 11) is 0. The summed E-state index contributed by atoms with van der Waals surface area (Å²) in [6.45, 7) is 2.31. The Hall–Kier alpha value is -1.85. The second-order valence-electron chi connectivity index (χ2n) is 7.93. The van der Waals surface area contributed by atoms with Crippen LogP contribution >= 0.6 is 0 Å². The van der Waals surface area contributed by atoms with Crippen molar-refractivity contribution in [2.45, 2.75) is 110 Å². The van der Waals surface area contributed by atoms with E-state index in [2.05, 4.69) is 19.1 Å². The number of allylic oxidation sites excluding steroid dienone is 2. The third kappa shape index (κ3) is 18.2. The molecule has 2 N–H and O–H groups in total. The molecule has 0 atom stereocenters. The Morgan fingerprint density at radius 3 is 1.77 bits per heavy atom. The highest BCUT2D eigenvalue weighted by Gasteiger charge is 2.24. The van der Waals surface area contributed by atoms with Crippen LogP contribution in [0.5, 0.6) is 0 Å². The predicted octanol–water partition coefficient (Wildman–Crippen LogP) is 6.13. The SMILES string of the molecule is CCCCCCCC/C=C\CCCCCCCC(=O)OCCCC(C(=O)O)C(=O)O. The Morgan fingerprint density at radius 1 is 0.733 bits per heavy atom. The summed E-state index contributed by atoms with van der Waals surface area (Å²) in [5, 5.41) is 17.5. The minimum absolute atomic E-state index is 0.0364. The largest absolute Gasteiger partial charge is 0.481 e. The van der Waals surface area contributed by atoms with Gasteiger partial charge < -0.3 is 14.9 Å². The van der Waals surface area contributed by atoms with Crippen molar-refractivity contribution in [2.75, 3.05) is 6.61 Å². The first-order valence-electron chi connectivity index (χ1n) is 11.7. The van der Waals surface area contributed by atoms with Gasteiger partial charge in [0.25, 0.3) is 0 Å². The molecule has 0 unspecified atom stereocenters. The quantitative estimate of drug-likeness (QED) is 0.0990. The highest BCUT2D eigenvalue weighted by atomic mass is 16.5. The fourth-order valence-corrected chi connectivity index (χ4v) is 3.24. The molecular formula is C24H42O6. The van der Waals surface area contributed by atoms with E-state index < -0.39 is 17.9 Å². The van der Waals surface area contributed by atoms with E-state index in [-0.39, 0.29) is 25.4 Å². The molecule has 0 fully saturated rings. The zero-order chi connectivity index (χ0) is 22.5. The molecule has 0 rings (SSSR count). The topological polar surface area (TPSA) is 101 Å². The minimum atomic E-state index is -1.44. The monoisotopic (exact) mass is 426 g/mol. The molecule has 0 radical (unpaired) electrons. The van der Waals surface area contributed by atoms with Gasteiger partial charge >= 0.3 is 17.9 Å². The number of carboxylic acid groups (broad SMARTS) is 2. The molecule has 6 heteroatoms. The highest BCUT2D eigenvalue weighted by molar-refractivity contribution is 5.92. The summed E-state index contributed by atoms with van der Waals surface area (Å²) in [5.41, 5.74) is 0. The van der Waals surface area contributed by atoms with Crippen LogP contribution in [0.3, 0.4) is 0 Å². The van der Waals surface area contributed by atoms with Gasteiger partial charge in [-0.15, -0.1) is 0 Å². The highest BCUT2D eigenvalue weighted by Crippen LogP contribution is 2.11. The van der Waals surface area contributed by atoms with E-state index in [0.29, 0.717) is 6.42 Å². The summed E-state index contributed by atoms with van der Waals surface area (Å²) < 4.78 is 5.04. The number of unbranched alkanes of at least 4 members (excludes halogenated alkanes) is 11. The van der Waals surface area contributed by atoms with Crippen molar-refractivity contribution in [1.82, 2.24) is 0 Å². The van der Waals surface area contributed by atoms with Crippen molar-refractivity contribution in [3.63, 3.8) is 0 Å². The molecule has 0 aliphatic heterocycles. The Balaban J connectivity index is 3.42. The predicted molar refractivity (Wildman–Crippen MR) is 118 cm³/mol. The Labute approximate surface area is 182 Å². The maximum atomic E-state index is 11.6. The van der Waals surface area contributed by atoms with Crippen LogP contribution in [-0.2, 0) is 19.1 Å². The number of ether oxygens (including phenoxy) is 1. The van der Waals surface area contributed by atoms with Gasteiger partial charge in [-0.2, -0.15) is 0 Å². The van der Waals surface area contributed by atoms with Crippen LogP contribution < -0.4 is 0 Å². The fourth-order valence-electron chi connectivity index (χ4n) is 3.24. The lowest BCUT2D eigenvalue weighted by molar-refractivity contribution is -0.154. The van der Waals surface area contributed by atoms with Crippen LogP contribution in [0.25, 0.3) is 0 Å².